The van der Waals surface area contributed by atoms with E-state index in [2.05, 4.69) is 43.4 Å². The largest absolute Gasteiger partial charge is 0.337 e. The fraction of sp³-hybridized carbons (Fsp3) is 0.786. The third-order valence-electron chi connectivity index (χ3n) is 4.19. The zero-order chi connectivity index (χ0) is 12.6. The predicted octanol–water partition coefficient (Wildman–Crippen LogP) is 4.81. The molecule has 0 aliphatic heterocycles. The van der Waals surface area contributed by atoms with Gasteiger partial charge in [-0.2, -0.15) is 0 Å². The molecule has 3 heteroatoms. The highest BCUT2D eigenvalue weighted by Crippen LogP contribution is 2.44. The van der Waals surface area contributed by atoms with Crippen LogP contribution in [-0.4, -0.2) is 9.55 Å². The molecule has 0 spiro atoms. The van der Waals surface area contributed by atoms with Gasteiger partial charge in [-0.3, -0.25) is 0 Å². The molecular formula is C14H24N2S. The summed E-state index contributed by atoms with van der Waals surface area (Å²) in [5.74, 6) is 0.528. The molecule has 96 valence electrons. The van der Waals surface area contributed by atoms with Crippen LogP contribution in [0.25, 0.3) is 0 Å². The average molecular weight is 252 g/mol. The number of aromatic nitrogens is 2. The number of imidazole rings is 1. The minimum Gasteiger partial charge on any atom is -0.337 e. The van der Waals surface area contributed by atoms with Crippen molar-refractivity contribution >= 4 is 12.2 Å². The Kier molecular flexibility index (Phi) is 3.48. The molecule has 0 amide bonds. The first kappa shape index (κ1) is 12.9. The number of rotatable bonds is 2. The van der Waals surface area contributed by atoms with Crippen LogP contribution in [0.3, 0.4) is 0 Å². The molecule has 1 unspecified atom stereocenters. The van der Waals surface area contributed by atoms with E-state index in [1.54, 1.807) is 0 Å². The quantitative estimate of drug-likeness (QED) is 0.749. The SMILES string of the molecule is CC(C)c1c[nH]c(=S)n1C1CCCCC1(C)C. The molecule has 1 atom stereocenters. The van der Waals surface area contributed by atoms with E-state index in [0.29, 0.717) is 17.4 Å². The van der Waals surface area contributed by atoms with Crippen molar-refractivity contribution in [2.45, 2.75) is 65.3 Å². The smallest absolute Gasteiger partial charge is 0.177 e. The summed E-state index contributed by atoms with van der Waals surface area (Å²) in [5, 5.41) is 0. The van der Waals surface area contributed by atoms with Crippen molar-refractivity contribution in [1.29, 1.82) is 0 Å². The topological polar surface area (TPSA) is 20.7 Å². The highest BCUT2D eigenvalue weighted by atomic mass is 32.1. The first-order chi connectivity index (χ1) is 7.93. The molecule has 1 N–H and O–H groups in total. The minimum absolute atomic E-state index is 0.363. The maximum Gasteiger partial charge on any atom is 0.177 e. The van der Waals surface area contributed by atoms with E-state index in [9.17, 15) is 0 Å². The number of aromatic amines is 1. The molecule has 2 rings (SSSR count). The van der Waals surface area contributed by atoms with Crippen LogP contribution in [0.2, 0.25) is 0 Å². The maximum atomic E-state index is 5.48. The van der Waals surface area contributed by atoms with Crippen molar-refractivity contribution < 1.29 is 0 Å². The molecule has 1 aromatic heterocycles. The van der Waals surface area contributed by atoms with Gasteiger partial charge in [0, 0.05) is 17.9 Å². The second-order valence-corrected chi connectivity index (χ2v) is 6.68. The van der Waals surface area contributed by atoms with Crippen LogP contribution >= 0.6 is 12.2 Å². The van der Waals surface area contributed by atoms with Crippen molar-refractivity contribution in [3.8, 4) is 0 Å². The van der Waals surface area contributed by atoms with Gasteiger partial charge < -0.3 is 9.55 Å². The number of hydrogen-bond donors (Lipinski definition) is 1. The number of nitrogens with zero attached hydrogens (tertiary/aromatic N) is 1. The Labute approximate surface area is 109 Å². The molecule has 2 nitrogen and oxygen atoms in total. The Morgan fingerprint density at radius 3 is 2.71 bits per heavy atom. The van der Waals surface area contributed by atoms with Crippen molar-refractivity contribution in [1.82, 2.24) is 9.55 Å². The van der Waals surface area contributed by atoms with Gasteiger partial charge in [0.1, 0.15) is 0 Å². The Balaban J connectivity index is 2.45. The lowest BCUT2D eigenvalue weighted by atomic mass is 9.73. The van der Waals surface area contributed by atoms with Crippen LogP contribution in [-0.2, 0) is 0 Å². The summed E-state index contributed by atoms with van der Waals surface area (Å²) in [7, 11) is 0. The summed E-state index contributed by atoms with van der Waals surface area (Å²) in [4.78, 5) is 3.23. The standard InChI is InChI=1S/C14H24N2S/c1-10(2)11-9-15-13(17)16(11)12-7-5-6-8-14(12,3)4/h9-10,12H,5-8H2,1-4H3,(H,15,17). The van der Waals surface area contributed by atoms with Gasteiger partial charge in [0.05, 0.1) is 0 Å². The molecule has 0 saturated heterocycles. The summed E-state index contributed by atoms with van der Waals surface area (Å²) in [6.07, 6.45) is 7.36. The second kappa shape index (κ2) is 4.60. The zero-order valence-electron chi connectivity index (χ0n) is 11.4. The third kappa shape index (κ3) is 2.35. The summed E-state index contributed by atoms with van der Waals surface area (Å²) in [6, 6.07) is 0.562. The van der Waals surface area contributed by atoms with Crippen molar-refractivity contribution in [2.75, 3.05) is 0 Å². The summed E-state index contributed by atoms with van der Waals surface area (Å²) >= 11 is 5.48. The van der Waals surface area contributed by atoms with E-state index in [1.165, 1.54) is 31.4 Å². The van der Waals surface area contributed by atoms with E-state index in [-0.39, 0.29) is 0 Å². The number of H-pyrrole nitrogens is 1. The van der Waals surface area contributed by atoms with Gasteiger partial charge in [0.2, 0.25) is 0 Å². The van der Waals surface area contributed by atoms with Crippen LogP contribution < -0.4 is 0 Å². The molecule has 0 radical (unpaired) electrons. The van der Waals surface area contributed by atoms with E-state index in [1.807, 2.05) is 0 Å². The molecule has 1 saturated carbocycles. The molecule has 17 heavy (non-hydrogen) atoms. The van der Waals surface area contributed by atoms with Crippen molar-refractivity contribution in [2.24, 2.45) is 5.41 Å². The van der Waals surface area contributed by atoms with Crippen molar-refractivity contribution in [3.63, 3.8) is 0 Å². The molecule has 1 fully saturated rings. The van der Waals surface area contributed by atoms with Gasteiger partial charge in [0.25, 0.3) is 0 Å². The molecule has 1 heterocycles. The second-order valence-electron chi connectivity index (χ2n) is 6.29. The van der Waals surface area contributed by atoms with E-state index >= 15 is 0 Å². The van der Waals surface area contributed by atoms with Crippen LogP contribution in [0.5, 0.6) is 0 Å². The van der Waals surface area contributed by atoms with Gasteiger partial charge in [0.15, 0.2) is 4.77 Å². The lowest BCUT2D eigenvalue weighted by Crippen LogP contribution is -2.31. The Morgan fingerprint density at radius 2 is 2.12 bits per heavy atom. The van der Waals surface area contributed by atoms with Crippen LogP contribution in [0.15, 0.2) is 6.20 Å². The monoisotopic (exact) mass is 252 g/mol. The molecule has 0 aromatic carbocycles. The minimum atomic E-state index is 0.363. The Bertz CT molecular complexity index is 439. The van der Waals surface area contributed by atoms with E-state index in [4.69, 9.17) is 12.2 Å². The predicted molar refractivity (Wildman–Crippen MR) is 75.0 cm³/mol. The fourth-order valence-electron chi connectivity index (χ4n) is 3.11. The molecule has 1 aromatic rings. The lowest BCUT2D eigenvalue weighted by Gasteiger charge is -2.40. The highest BCUT2D eigenvalue weighted by molar-refractivity contribution is 7.71. The van der Waals surface area contributed by atoms with E-state index < -0.39 is 0 Å². The fourth-order valence-corrected chi connectivity index (χ4v) is 3.40. The van der Waals surface area contributed by atoms with Crippen LogP contribution in [0.4, 0.5) is 0 Å². The summed E-state index contributed by atoms with van der Waals surface area (Å²) in [5.41, 5.74) is 1.72. The lowest BCUT2D eigenvalue weighted by molar-refractivity contribution is 0.140. The van der Waals surface area contributed by atoms with Gasteiger partial charge in [-0.05, 0) is 36.4 Å². The molecule has 1 aliphatic rings. The molecule has 0 bridgehead atoms. The Hall–Kier alpha value is -0.570. The maximum absolute atomic E-state index is 5.48. The van der Waals surface area contributed by atoms with Crippen molar-refractivity contribution in [3.05, 3.63) is 16.7 Å². The van der Waals surface area contributed by atoms with Gasteiger partial charge >= 0.3 is 0 Å². The Morgan fingerprint density at radius 1 is 1.41 bits per heavy atom. The first-order valence-electron chi connectivity index (χ1n) is 6.73. The zero-order valence-corrected chi connectivity index (χ0v) is 12.2. The normalized spacial score (nSPS) is 24.2. The van der Waals surface area contributed by atoms with E-state index in [0.717, 1.165) is 4.77 Å². The molecule has 1 aliphatic carbocycles. The first-order valence-corrected chi connectivity index (χ1v) is 7.14. The average Bonchev–Trinajstić information content (AvgIpc) is 2.60. The number of nitrogens with one attached hydrogen (secondary N) is 1. The van der Waals surface area contributed by atoms with Gasteiger partial charge in [-0.1, -0.05) is 40.5 Å². The molecular weight excluding hydrogens is 228 g/mol. The highest BCUT2D eigenvalue weighted by Gasteiger charge is 2.35. The third-order valence-corrected chi connectivity index (χ3v) is 4.51. The summed E-state index contributed by atoms with van der Waals surface area (Å²) < 4.78 is 3.28. The van der Waals surface area contributed by atoms with Gasteiger partial charge in [-0.15, -0.1) is 0 Å². The van der Waals surface area contributed by atoms with Crippen LogP contribution in [0, 0.1) is 10.2 Å². The number of hydrogen-bond acceptors (Lipinski definition) is 1. The van der Waals surface area contributed by atoms with Gasteiger partial charge in [-0.25, -0.2) is 0 Å². The van der Waals surface area contributed by atoms with Crippen LogP contribution in [0.1, 0.15) is 71.0 Å². The summed E-state index contributed by atoms with van der Waals surface area (Å²) in [6.45, 7) is 9.25.